The van der Waals surface area contributed by atoms with Crippen LogP contribution in [0.1, 0.15) is 80.6 Å². The van der Waals surface area contributed by atoms with E-state index < -0.39 is 41.6 Å². The Labute approximate surface area is 273 Å². The summed E-state index contributed by atoms with van der Waals surface area (Å²) in [4.78, 5) is 18.6. The molecule has 0 radical (unpaired) electrons. The number of rotatable bonds is 3. The number of fused-ring (bicyclic) bond motifs is 2. The maximum atomic E-state index is 14.1. The van der Waals surface area contributed by atoms with Crippen LogP contribution in [0.4, 0.5) is 0 Å². The number of nitrogens with zero attached hydrogens (tertiary/aromatic N) is 1. The van der Waals surface area contributed by atoms with Crippen LogP contribution in [0.2, 0.25) is 0 Å². The number of aliphatic hydroxyl groups excluding tert-OH is 2. The van der Waals surface area contributed by atoms with E-state index in [2.05, 4.69) is 64.8 Å². The molecule has 0 unspecified atom stereocenters. The fourth-order valence-corrected chi connectivity index (χ4v) is 7.99. The summed E-state index contributed by atoms with van der Waals surface area (Å²) in [6.45, 7) is 14.1. The number of hydrogen-bond donors (Lipinski definition) is 3. The maximum absolute atomic E-state index is 14.1. The quantitative estimate of drug-likeness (QED) is 0.287. The summed E-state index contributed by atoms with van der Waals surface area (Å²) in [5, 5.41) is 33.0. The Morgan fingerprint density at radius 2 is 1.96 bits per heavy atom. The Morgan fingerprint density at radius 1 is 1.20 bits per heavy atom. The average molecular weight is 640 g/mol. The highest BCUT2D eigenvalue weighted by molar-refractivity contribution is 5.89. The van der Waals surface area contributed by atoms with E-state index in [1.165, 1.54) is 5.57 Å². The first-order valence-electron chi connectivity index (χ1n) is 16.9. The lowest BCUT2D eigenvalue weighted by atomic mass is 9.71. The summed E-state index contributed by atoms with van der Waals surface area (Å²) >= 11 is 0. The van der Waals surface area contributed by atoms with Gasteiger partial charge in [-0.05, 0) is 62.2 Å². The van der Waals surface area contributed by atoms with Crippen molar-refractivity contribution in [3.8, 4) is 0 Å². The van der Waals surface area contributed by atoms with Gasteiger partial charge in [0.2, 0.25) is 0 Å². The van der Waals surface area contributed by atoms with Gasteiger partial charge in [0.1, 0.15) is 36.6 Å². The van der Waals surface area contributed by atoms with Gasteiger partial charge in [-0.15, -0.1) is 0 Å². The van der Waals surface area contributed by atoms with Crippen molar-refractivity contribution < 1.29 is 39.1 Å². The van der Waals surface area contributed by atoms with Crippen LogP contribution in [0, 0.1) is 23.7 Å². The molecule has 0 saturated carbocycles. The van der Waals surface area contributed by atoms with E-state index in [0.29, 0.717) is 36.3 Å². The number of carbonyl (C=O) groups excluding carboxylic acids is 1. The molecule has 10 atom stereocenters. The van der Waals surface area contributed by atoms with Crippen LogP contribution in [0.25, 0.3) is 0 Å². The van der Waals surface area contributed by atoms with Crippen LogP contribution in [0.15, 0.2) is 63.7 Å². The van der Waals surface area contributed by atoms with Crippen LogP contribution in [-0.4, -0.2) is 82.2 Å². The Bertz CT molecular complexity index is 1340. The minimum absolute atomic E-state index is 0.0690. The van der Waals surface area contributed by atoms with Gasteiger partial charge in [-0.2, -0.15) is 0 Å². The topological polar surface area (TPSA) is 127 Å². The van der Waals surface area contributed by atoms with Gasteiger partial charge in [-0.25, -0.2) is 0 Å². The summed E-state index contributed by atoms with van der Waals surface area (Å²) < 4.78 is 26.0. The van der Waals surface area contributed by atoms with E-state index in [0.717, 1.165) is 17.7 Å². The molecule has 0 aromatic rings. The Hall–Kier alpha value is -2.40. The molecule has 1 aliphatic carbocycles. The van der Waals surface area contributed by atoms with Gasteiger partial charge < -0.3 is 34.3 Å². The molecule has 0 aromatic heterocycles. The molecule has 0 aromatic carbocycles. The highest BCUT2D eigenvalue weighted by atomic mass is 16.7. The molecule has 0 amide bonds. The number of hydrogen-bond acceptors (Lipinski definition) is 9. The van der Waals surface area contributed by atoms with Gasteiger partial charge >= 0.3 is 5.97 Å². The van der Waals surface area contributed by atoms with Gasteiger partial charge in [0, 0.05) is 30.9 Å². The number of aliphatic imine (C=N–C) groups is 1. The number of aliphatic hydroxyl groups is 3. The van der Waals surface area contributed by atoms with E-state index in [1.54, 1.807) is 13.0 Å². The molecule has 9 nitrogen and oxygen atoms in total. The number of carbonyl (C=O) groups is 1. The third-order valence-electron chi connectivity index (χ3n) is 10.2. The van der Waals surface area contributed by atoms with E-state index in [-0.39, 0.29) is 43.8 Å². The molecule has 4 aliphatic heterocycles. The second-order valence-electron chi connectivity index (χ2n) is 14.5. The Balaban J connectivity index is 1.55. The van der Waals surface area contributed by atoms with Gasteiger partial charge in [0.25, 0.3) is 0 Å². The Kier molecular flexibility index (Phi) is 10.6. The van der Waals surface area contributed by atoms with Gasteiger partial charge in [0.05, 0.1) is 18.8 Å². The normalized spacial score (nSPS) is 44.6. The van der Waals surface area contributed by atoms with E-state index in [4.69, 9.17) is 18.9 Å². The van der Waals surface area contributed by atoms with Crippen LogP contribution < -0.4 is 0 Å². The number of allylic oxidation sites excluding steroid dienone is 5. The first-order valence-corrected chi connectivity index (χ1v) is 16.9. The minimum Gasteiger partial charge on any atom is -0.462 e. The molecule has 3 N–H and O–H groups in total. The first kappa shape index (κ1) is 34.9. The molecule has 254 valence electrons. The molecule has 5 rings (SSSR count). The molecule has 46 heavy (non-hydrogen) atoms. The highest BCUT2D eigenvalue weighted by Gasteiger charge is 2.60. The predicted molar refractivity (Wildman–Crippen MR) is 176 cm³/mol. The molecule has 5 aliphatic rings. The first-order chi connectivity index (χ1) is 21.8. The van der Waals surface area contributed by atoms with Crippen LogP contribution in [-0.2, 0) is 23.7 Å². The lowest BCUT2D eigenvalue weighted by Crippen LogP contribution is -2.59. The summed E-state index contributed by atoms with van der Waals surface area (Å²) in [5.74, 6) is -2.28. The molecule has 4 heterocycles. The fourth-order valence-electron chi connectivity index (χ4n) is 7.99. The number of esters is 1. The van der Waals surface area contributed by atoms with Crippen molar-refractivity contribution in [3.05, 3.63) is 58.7 Å². The number of ether oxygens (including phenoxy) is 4. The van der Waals surface area contributed by atoms with Crippen molar-refractivity contribution in [1.82, 2.24) is 0 Å². The molecule has 3 fully saturated rings. The van der Waals surface area contributed by atoms with Gasteiger partial charge in [0.15, 0.2) is 5.79 Å². The average Bonchev–Trinajstić information content (AvgIpc) is 3.31. The van der Waals surface area contributed by atoms with Crippen LogP contribution in [0.3, 0.4) is 0 Å². The smallest absolute Gasteiger partial charge is 0.316 e. The molecule has 1 spiro atoms. The summed E-state index contributed by atoms with van der Waals surface area (Å²) in [5.41, 5.74) is 2.45. The van der Waals surface area contributed by atoms with Crippen molar-refractivity contribution in [3.63, 3.8) is 0 Å². The van der Waals surface area contributed by atoms with Crippen LogP contribution >= 0.6 is 0 Å². The van der Waals surface area contributed by atoms with Gasteiger partial charge in [-0.3, -0.25) is 9.79 Å². The zero-order valence-electron chi connectivity index (χ0n) is 28.4. The molecular formula is C37H53NO8. The van der Waals surface area contributed by atoms with Crippen molar-refractivity contribution in [2.75, 3.05) is 13.3 Å². The van der Waals surface area contributed by atoms with Gasteiger partial charge in [-0.1, -0.05) is 69.7 Å². The monoisotopic (exact) mass is 639 g/mol. The predicted octanol–water partition coefficient (Wildman–Crippen LogP) is 5.12. The van der Waals surface area contributed by atoms with Crippen molar-refractivity contribution >= 4 is 11.7 Å². The summed E-state index contributed by atoms with van der Waals surface area (Å²) in [7, 11) is 0. The second kappa shape index (κ2) is 14.0. The van der Waals surface area contributed by atoms with E-state index in [9.17, 15) is 20.1 Å². The fraction of sp³-hybridized carbons (Fsp3) is 0.676. The van der Waals surface area contributed by atoms with Crippen LogP contribution in [0.5, 0.6) is 0 Å². The maximum Gasteiger partial charge on any atom is 0.316 e. The minimum atomic E-state index is -1.75. The molecule has 2 bridgehead atoms. The molecule has 3 saturated heterocycles. The lowest BCUT2D eigenvalue weighted by molar-refractivity contribution is -0.313. The van der Waals surface area contributed by atoms with Crippen molar-refractivity contribution in [1.29, 1.82) is 0 Å². The zero-order chi connectivity index (χ0) is 33.4. The standard InChI is InChI=1S/C37H53NO8/c1-21(2)13-25(6)33-26(7)31(38-20-39)18-36(46-33)17-29-16-28(45-36)12-11-23(4)14-22(3)9-8-10-27-19-43-34-32(40)24(5)15-30(35(41)44-29)37(27,34)42/h8-11,13,15,21-22,26,28-30,32-34,39-40,42H,12,14,16-20H2,1-7H3/b9-8+,23-11+,25-13+,27-10+,38-31?/t22-,26-,28+,29-,30-,32+,33+,34+,36-,37+/m0/s1. The van der Waals surface area contributed by atoms with Crippen molar-refractivity contribution in [2.24, 2.45) is 28.7 Å². The largest absolute Gasteiger partial charge is 0.462 e. The Morgan fingerprint density at radius 3 is 2.67 bits per heavy atom. The van der Waals surface area contributed by atoms with E-state index in [1.807, 2.05) is 12.2 Å². The zero-order valence-corrected chi connectivity index (χ0v) is 28.4. The molecule has 9 heteroatoms. The van der Waals surface area contributed by atoms with E-state index >= 15 is 0 Å². The second-order valence-corrected chi connectivity index (χ2v) is 14.5. The third-order valence-corrected chi connectivity index (χ3v) is 10.2. The molecular weight excluding hydrogens is 586 g/mol. The highest BCUT2D eigenvalue weighted by Crippen LogP contribution is 2.47. The van der Waals surface area contributed by atoms with Crippen molar-refractivity contribution in [2.45, 2.75) is 122 Å². The summed E-state index contributed by atoms with van der Waals surface area (Å²) in [6, 6.07) is 0. The summed E-state index contributed by atoms with van der Waals surface area (Å²) in [6.07, 6.45) is 11.1. The SMILES string of the molecule is CC1=C[C@H]2C(=O)O[C@H]3C[C@@H](C/C=C(\C)C[C@@H](C)/C=C/C=C4\CO[C@H]([C@@H]1O)[C@@]42O)O[C@@]1(CC(=NCO)[C@H](C)[C@@H](/C(C)=C/C(C)C)O1)C3. The lowest BCUT2D eigenvalue weighted by Gasteiger charge is -2.50. The third kappa shape index (κ3) is 7.05.